The molecule has 1 aromatic carbocycles. The summed E-state index contributed by atoms with van der Waals surface area (Å²) in [5.74, 6) is 1.23. The molecule has 0 spiro atoms. The van der Waals surface area contributed by atoms with Gasteiger partial charge in [0.05, 0.1) is 13.5 Å². The molecule has 1 aliphatic carbocycles. The molecular weight excluding hydrogens is 324 g/mol. The molecule has 1 aromatic rings. The summed E-state index contributed by atoms with van der Waals surface area (Å²) in [6.07, 6.45) is 4.25. The third-order valence-electron chi connectivity index (χ3n) is 6.39. The summed E-state index contributed by atoms with van der Waals surface area (Å²) in [5, 5.41) is 0. The van der Waals surface area contributed by atoms with Crippen molar-refractivity contribution in [2.75, 3.05) is 7.11 Å². The predicted octanol–water partition coefficient (Wildman–Crippen LogP) is 5.12. The van der Waals surface area contributed by atoms with Gasteiger partial charge < -0.3 is 4.74 Å². The summed E-state index contributed by atoms with van der Waals surface area (Å²) in [6.45, 7) is 10.8. The lowest BCUT2D eigenvalue weighted by Crippen LogP contribution is -2.36. The van der Waals surface area contributed by atoms with Crippen LogP contribution in [0.1, 0.15) is 68.2 Å². The number of rotatable bonds is 6. The van der Waals surface area contributed by atoms with Crippen molar-refractivity contribution >= 4 is 11.8 Å². The highest BCUT2D eigenvalue weighted by atomic mass is 16.5. The first-order valence-electron chi connectivity index (χ1n) is 9.81. The molecule has 26 heavy (non-hydrogen) atoms. The quantitative estimate of drug-likeness (QED) is 0.663. The van der Waals surface area contributed by atoms with E-state index in [1.165, 1.54) is 23.8 Å². The van der Waals surface area contributed by atoms with Crippen molar-refractivity contribution in [2.24, 2.45) is 17.3 Å². The summed E-state index contributed by atoms with van der Waals surface area (Å²) in [5.41, 5.74) is 4.51. The number of carbonyl (C=O) groups excluding carboxylic acids is 2. The van der Waals surface area contributed by atoms with Crippen LogP contribution in [0.3, 0.4) is 0 Å². The zero-order valence-electron chi connectivity index (χ0n) is 17.3. The maximum absolute atomic E-state index is 13.0. The standard InChI is InChI=1S/C23H34O3/c1-15-9-17(3)21(18(4)10-15)11-20(24)13-23(14-22(25)26-6)8-7-16(2)19(5)12-23/h9-10,16,19H,7-8,11-14H2,1-6H3. The topological polar surface area (TPSA) is 43.4 Å². The number of hydrogen-bond donors (Lipinski definition) is 0. The third-order valence-corrected chi connectivity index (χ3v) is 6.39. The molecule has 0 heterocycles. The Morgan fingerprint density at radius 2 is 1.69 bits per heavy atom. The van der Waals surface area contributed by atoms with Crippen molar-refractivity contribution in [2.45, 2.75) is 73.1 Å². The van der Waals surface area contributed by atoms with Gasteiger partial charge in [0.1, 0.15) is 5.78 Å². The molecule has 2 rings (SSSR count). The lowest BCUT2D eigenvalue weighted by Gasteiger charge is -2.42. The number of carbonyl (C=O) groups is 2. The first-order chi connectivity index (χ1) is 12.2. The maximum atomic E-state index is 13.0. The van der Waals surface area contributed by atoms with Crippen molar-refractivity contribution < 1.29 is 14.3 Å². The van der Waals surface area contributed by atoms with Crippen LogP contribution in [-0.2, 0) is 20.7 Å². The van der Waals surface area contributed by atoms with Gasteiger partial charge in [-0.1, -0.05) is 31.5 Å². The second-order valence-corrected chi connectivity index (χ2v) is 8.72. The SMILES string of the molecule is COC(=O)CC1(CC(=O)Cc2c(C)cc(C)cc2C)CCC(C)C(C)C1. The third kappa shape index (κ3) is 4.96. The van der Waals surface area contributed by atoms with Gasteiger partial charge in [-0.25, -0.2) is 0 Å². The fourth-order valence-corrected chi connectivity index (χ4v) is 4.73. The molecule has 1 saturated carbocycles. The molecule has 0 amide bonds. The molecule has 3 heteroatoms. The van der Waals surface area contributed by atoms with Crippen LogP contribution in [0.4, 0.5) is 0 Å². The van der Waals surface area contributed by atoms with Crippen LogP contribution in [0.5, 0.6) is 0 Å². The smallest absolute Gasteiger partial charge is 0.306 e. The molecule has 1 aliphatic rings. The Labute approximate surface area is 158 Å². The monoisotopic (exact) mass is 358 g/mol. The number of esters is 1. The molecule has 3 atom stereocenters. The minimum Gasteiger partial charge on any atom is -0.469 e. The minimum absolute atomic E-state index is 0.192. The summed E-state index contributed by atoms with van der Waals surface area (Å²) in [6, 6.07) is 4.29. The minimum atomic E-state index is -0.234. The maximum Gasteiger partial charge on any atom is 0.306 e. The number of ether oxygens (including phenoxy) is 1. The van der Waals surface area contributed by atoms with E-state index in [-0.39, 0.29) is 17.2 Å². The molecule has 1 fully saturated rings. The van der Waals surface area contributed by atoms with Crippen molar-refractivity contribution in [3.63, 3.8) is 0 Å². The van der Waals surface area contributed by atoms with Crippen LogP contribution in [0.15, 0.2) is 12.1 Å². The fraction of sp³-hybridized carbons (Fsp3) is 0.652. The van der Waals surface area contributed by atoms with Crippen molar-refractivity contribution in [3.05, 3.63) is 34.4 Å². The molecule has 0 bridgehead atoms. The Balaban J connectivity index is 2.18. The Hall–Kier alpha value is -1.64. The molecule has 3 nitrogen and oxygen atoms in total. The molecular formula is C23H34O3. The van der Waals surface area contributed by atoms with Gasteiger partial charge in [0.2, 0.25) is 0 Å². The van der Waals surface area contributed by atoms with Crippen LogP contribution in [0, 0.1) is 38.0 Å². The van der Waals surface area contributed by atoms with Crippen LogP contribution < -0.4 is 0 Å². The van der Waals surface area contributed by atoms with Crippen LogP contribution in [-0.4, -0.2) is 18.9 Å². The Morgan fingerprint density at radius 1 is 1.08 bits per heavy atom. The van der Waals surface area contributed by atoms with Crippen LogP contribution in [0.25, 0.3) is 0 Å². The van der Waals surface area contributed by atoms with E-state index in [0.29, 0.717) is 31.1 Å². The molecule has 0 aliphatic heterocycles. The normalized spacial score (nSPS) is 25.8. The van der Waals surface area contributed by atoms with Crippen molar-refractivity contribution in [3.8, 4) is 0 Å². The molecule has 0 radical (unpaired) electrons. The lowest BCUT2D eigenvalue weighted by molar-refractivity contribution is -0.145. The van der Waals surface area contributed by atoms with Crippen molar-refractivity contribution in [1.82, 2.24) is 0 Å². The fourth-order valence-electron chi connectivity index (χ4n) is 4.73. The van der Waals surface area contributed by atoms with Gasteiger partial charge >= 0.3 is 5.97 Å². The van der Waals surface area contributed by atoms with E-state index < -0.39 is 0 Å². The Bertz CT molecular complexity index is 653. The average Bonchev–Trinajstić information content (AvgIpc) is 2.54. The van der Waals surface area contributed by atoms with E-state index in [1.54, 1.807) is 0 Å². The van der Waals surface area contributed by atoms with Crippen molar-refractivity contribution in [1.29, 1.82) is 0 Å². The Morgan fingerprint density at radius 3 is 2.23 bits per heavy atom. The van der Waals surface area contributed by atoms with E-state index in [9.17, 15) is 9.59 Å². The second-order valence-electron chi connectivity index (χ2n) is 8.72. The first-order valence-corrected chi connectivity index (χ1v) is 9.81. The van der Waals surface area contributed by atoms with E-state index in [0.717, 1.165) is 24.8 Å². The van der Waals surface area contributed by atoms with E-state index in [2.05, 4.69) is 46.8 Å². The van der Waals surface area contributed by atoms with E-state index in [4.69, 9.17) is 4.74 Å². The zero-order chi connectivity index (χ0) is 19.5. The van der Waals surface area contributed by atoms with E-state index in [1.807, 2.05) is 0 Å². The zero-order valence-corrected chi connectivity index (χ0v) is 17.3. The highest BCUT2D eigenvalue weighted by molar-refractivity contribution is 5.83. The largest absolute Gasteiger partial charge is 0.469 e. The number of methoxy groups -OCH3 is 1. The van der Waals surface area contributed by atoms with Crippen LogP contribution >= 0.6 is 0 Å². The van der Waals surface area contributed by atoms with Crippen LogP contribution in [0.2, 0.25) is 0 Å². The second kappa shape index (κ2) is 8.37. The highest BCUT2D eigenvalue weighted by Crippen LogP contribution is 2.47. The van der Waals surface area contributed by atoms with Gasteiger partial charge in [0.15, 0.2) is 0 Å². The molecule has 3 unspecified atom stereocenters. The molecule has 0 N–H and O–H groups in total. The number of ketones is 1. The summed E-state index contributed by atoms with van der Waals surface area (Å²) in [7, 11) is 1.44. The molecule has 0 saturated heterocycles. The average molecular weight is 359 g/mol. The molecule has 144 valence electrons. The summed E-state index contributed by atoms with van der Waals surface area (Å²) >= 11 is 0. The number of Topliss-reactive ketones (excluding diaryl/α,β-unsaturated/α-hetero) is 1. The summed E-state index contributed by atoms with van der Waals surface area (Å²) < 4.78 is 4.94. The lowest BCUT2D eigenvalue weighted by atomic mass is 9.62. The van der Waals surface area contributed by atoms with Gasteiger partial charge in [-0.05, 0) is 74.0 Å². The number of aryl methyl sites for hydroxylation is 3. The predicted molar refractivity (Wildman–Crippen MR) is 105 cm³/mol. The van der Waals surface area contributed by atoms with Gasteiger partial charge in [0.25, 0.3) is 0 Å². The van der Waals surface area contributed by atoms with E-state index >= 15 is 0 Å². The molecule has 0 aromatic heterocycles. The number of hydrogen-bond acceptors (Lipinski definition) is 3. The highest BCUT2D eigenvalue weighted by Gasteiger charge is 2.41. The van der Waals surface area contributed by atoms with Gasteiger partial charge in [-0.2, -0.15) is 0 Å². The number of benzene rings is 1. The first kappa shape index (κ1) is 20.7. The Kier molecular flexibility index (Phi) is 6.65. The summed E-state index contributed by atoms with van der Waals surface area (Å²) in [4.78, 5) is 25.0. The van der Waals surface area contributed by atoms with Gasteiger partial charge in [-0.15, -0.1) is 0 Å². The van der Waals surface area contributed by atoms with Gasteiger partial charge in [0, 0.05) is 12.8 Å². The van der Waals surface area contributed by atoms with Gasteiger partial charge in [-0.3, -0.25) is 9.59 Å².